The smallest absolute Gasteiger partial charge is 0.225 e. The summed E-state index contributed by atoms with van der Waals surface area (Å²) < 4.78 is 1.76. The Hall–Kier alpha value is -3.47. The molecule has 3 heterocycles. The average molecular weight is 319 g/mol. The minimum Gasteiger partial charge on any atom is -0.354 e. The maximum atomic E-state index is 11.3. The second-order valence-corrected chi connectivity index (χ2v) is 5.50. The minimum atomic E-state index is -0.0576. The van der Waals surface area contributed by atoms with Gasteiger partial charge < -0.3 is 10.6 Å². The van der Waals surface area contributed by atoms with Crippen LogP contribution in [0, 0.1) is 11.3 Å². The lowest BCUT2D eigenvalue weighted by atomic mass is 10.2. The Balaban J connectivity index is 1.75. The third kappa shape index (κ3) is 2.42. The highest BCUT2D eigenvalue weighted by Gasteiger charge is 2.22. The predicted molar refractivity (Wildman–Crippen MR) is 86.4 cm³/mol. The summed E-state index contributed by atoms with van der Waals surface area (Å²) in [5, 5.41) is 15.2. The Kier molecular flexibility index (Phi) is 3.31. The van der Waals surface area contributed by atoms with Crippen LogP contribution in [0.5, 0.6) is 0 Å². The molecule has 118 valence electrons. The fraction of sp³-hybridized carbons (Fsp3) is 0.188. The number of nitriles is 1. The Bertz CT molecular complexity index is 972. The monoisotopic (exact) mass is 319 g/mol. The molecule has 0 radical (unpaired) electrons. The van der Waals surface area contributed by atoms with E-state index in [1.807, 2.05) is 24.3 Å². The van der Waals surface area contributed by atoms with Gasteiger partial charge in [-0.15, -0.1) is 0 Å². The lowest BCUT2D eigenvalue weighted by Gasteiger charge is -2.12. The standard InChI is InChI=1S/C16H13N7O/c17-6-10-7-19-16(21-11-5-14(24)18-8-11)22-15(10)23-9-20-12-3-1-2-4-13(12)23/h1-4,7,9,11H,5,8H2,(H,18,24)(H,19,21,22). The second kappa shape index (κ2) is 5.62. The van der Waals surface area contributed by atoms with Gasteiger partial charge in [0.15, 0.2) is 5.82 Å². The number of carbonyl (C=O) groups excluding carboxylic acids is 1. The van der Waals surface area contributed by atoms with Crippen molar-refractivity contribution in [2.75, 3.05) is 11.9 Å². The molecule has 4 rings (SSSR count). The number of nitrogens with one attached hydrogen (secondary N) is 2. The van der Waals surface area contributed by atoms with Crippen molar-refractivity contribution in [3.8, 4) is 11.9 Å². The van der Waals surface area contributed by atoms with Crippen molar-refractivity contribution in [3.05, 3.63) is 42.4 Å². The third-order valence-corrected chi connectivity index (χ3v) is 3.88. The van der Waals surface area contributed by atoms with Gasteiger partial charge in [0.05, 0.1) is 23.3 Å². The van der Waals surface area contributed by atoms with Gasteiger partial charge in [-0.25, -0.2) is 9.97 Å². The van der Waals surface area contributed by atoms with Gasteiger partial charge >= 0.3 is 0 Å². The van der Waals surface area contributed by atoms with Crippen LogP contribution in [-0.4, -0.2) is 38.0 Å². The van der Waals surface area contributed by atoms with Crippen LogP contribution in [0.3, 0.4) is 0 Å². The van der Waals surface area contributed by atoms with Crippen molar-refractivity contribution in [3.63, 3.8) is 0 Å². The Labute approximate surface area is 137 Å². The Morgan fingerprint density at radius 1 is 1.33 bits per heavy atom. The molecule has 0 bridgehead atoms. The number of carbonyl (C=O) groups is 1. The van der Waals surface area contributed by atoms with Crippen LogP contribution in [0.4, 0.5) is 5.95 Å². The number of benzene rings is 1. The molecule has 3 aromatic rings. The van der Waals surface area contributed by atoms with Gasteiger partial charge in [0.1, 0.15) is 18.0 Å². The molecule has 1 saturated heterocycles. The second-order valence-electron chi connectivity index (χ2n) is 5.50. The van der Waals surface area contributed by atoms with Gasteiger partial charge in [0, 0.05) is 13.0 Å². The summed E-state index contributed by atoms with van der Waals surface area (Å²) in [5.74, 6) is 0.839. The predicted octanol–water partition coefficient (Wildman–Crippen LogP) is 0.988. The van der Waals surface area contributed by atoms with E-state index in [0.29, 0.717) is 30.3 Å². The summed E-state index contributed by atoms with van der Waals surface area (Å²) in [6, 6.07) is 9.67. The van der Waals surface area contributed by atoms with Crippen LogP contribution in [-0.2, 0) is 4.79 Å². The number of para-hydroxylation sites is 2. The maximum Gasteiger partial charge on any atom is 0.225 e. The molecule has 1 fully saturated rings. The highest BCUT2D eigenvalue weighted by atomic mass is 16.1. The summed E-state index contributed by atoms with van der Waals surface area (Å²) in [4.78, 5) is 24.3. The van der Waals surface area contributed by atoms with Gasteiger partial charge in [-0.05, 0) is 12.1 Å². The molecule has 1 unspecified atom stereocenters. The van der Waals surface area contributed by atoms with Gasteiger partial charge in [-0.1, -0.05) is 12.1 Å². The molecular weight excluding hydrogens is 306 g/mol. The van der Waals surface area contributed by atoms with Crippen molar-refractivity contribution >= 4 is 22.9 Å². The van der Waals surface area contributed by atoms with Gasteiger partial charge in [-0.2, -0.15) is 10.2 Å². The number of anilines is 1. The number of hydrogen-bond donors (Lipinski definition) is 2. The number of nitrogens with zero attached hydrogens (tertiary/aromatic N) is 5. The van der Waals surface area contributed by atoms with E-state index in [9.17, 15) is 10.1 Å². The topological polar surface area (TPSA) is 109 Å². The van der Waals surface area contributed by atoms with Crippen LogP contribution in [0.1, 0.15) is 12.0 Å². The molecule has 0 spiro atoms. The van der Waals surface area contributed by atoms with E-state index in [2.05, 4.69) is 31.7 Å². The van der Waals surface area contributed by atoms with Crippen LogP contribution >= 0.6 is 0 Å². The van der Waals surface area contributed by atoms with Crippen LogP contribution in [0.15, 0.2) is 36.8 Å². The van der Waals surface area contributed by atoms with Gasteiger partial charge in [0.25, 0.3) is 0 Å². The highest BCUT2D eigenvalue weighted by Crippen LogP contribution is 2.20. The third-order valence-electron chi connectivity index (χ3n) is 3.88. The number of fused-ring (bicyclic) bond motifs is 1. The van der Waals surface area contributed by atoms with E-state index in [1.54, 1.807) is 10.9 Å². The molecule has 1 aromatic carbocycles. The molecule has 1 aliphatic rings. The fourth-order valence-electron chi connectivity index (χ4n) is 2.72. The van der Waals surface area contributed by atoms with Crippen molar-refractivity contribution in [2.45, 2.75) is 12.5 Å². The van der Waals surface area contributed by atoms with E-state index in [0.717, 1.165) is 11.0 Å². The summed E-state index contributed by atoms with van der Waals surface area (Å²) in [7, 11) is 0. The van der Waals surface area contributed by atoms with E-state index >= 15 is 0 Å². The number of imidazole rings is 1. The Morgan fingerprint density at radius 2 is 2.21 bits per heavy atom. The number of hydrogen-bond acceptors (Lipinski definition) is 6. The van der Waals surface area contributed by atoms with Crippen LogP contribution < -0.4 is 10.6 Å². The molecular formula is C16H13N7O. The van der Waals surface area contributed by atoms with Crippen molar-refractivity contribution < 1.29 is 4.79 Å². The molecule has 0 saturated carbocycles. The molecule has 1 amide bonds. The van der Waals surface area contributed by atoms with Crippen molar-refractivity contribution in [1.29, 1.82) is 5.26 Å². The zero-order chi connectivity index (χ0) is 16.5. The van der Waals surface area contributed by atoms with Crippen molar-refractivity contribution in [1.82, 2.24) is 24.8 Å². The Morgan fingerprint density at radius 3 is 3.00 bits per heavy atom. The first-order chi connectivity index (χ1) is 11.7. The first-order valence-corrected chi connectivity index (χ1v) is 7.47. The molecule has 1 aliphatic heterocycles. The van der Waals surface area contributed by atoms with E-state index < -0.39 is 0 Å². The first kappa shape index (κ1) is 14.1. The fourth-order valence-corrected chi connectivity index (χ4v) is 2.72. The lowest BCUT2D eigenvalue weighted by molar-refractivity contribution is -0.119. The van der Waals surface area contributed by atoms with Gasteiger partial charge in [-0.3, -0.25) is 9.36 Å². The SMILES string of the molecule is N#Cc1cnc(NC2CNC(=O)C2)nc1-n1cnc2ccccc21. The minimum absolute atomic E-state index is 0.00183. The number of aromatic nitrogens is 4. The first-order valence-electron chi connectivity index (χ1n) is 7.47. The number of amides is 1. The lowest BCUT2D eigenvalue weighted by Crippen LogP contribution is -2.23. The highest BCUT2D eigenvalue weighted by molar-refractivity contribution is 5.79. The van der Waals surface area contributed by atoms with Crippen LogP contribution in [0.2, 0.25) is 0 Å². The molecule has 2 aromatic heterocycles. The van der Waals surface area contributed by atoms with Crippen molar-refractivity contribution in [2.24, 2.45) is 0 Å². The summed E-state index contributed by atoms with van der Waals surface area (Å²) >= 11 is 0. The molecule has 8 nitrogen and oxygen atoms in total. The summed E-state index contributed by atoms with van der Waals surface area (Å²) in [5.41, 5.74) is 2.03. The zero-order valence-corrected chi connectivity index (χ0v) is 12.6. The normalized spacial score (nSPS) is 16.8. The molecule has 1 atom stereocenters. The summed E-state index contributed by atoms with van der Waals surface area (Å²) in [6.07, 6.45) is 3.49. The maximum absolute atomic E-state index is 11.3. The van der Waals surface area contributed by atoms with E-state index in [1.165, 1.54) is 6.20 Å². The quantitative estimate of drug-likeness (QED) is 0.745. The van der Waals surface area contributed by atoms with Gasteiger partial charge in [0.2, 0.25) is 11.9 Å². The number of rotatable bonds is 3. The van der Waals surface area contributed by atoms with E-state index in [-0.39, 0.29) is 11.9 Å². The van der Waals surface area contributed by atoms with Crippen LogP contribution in [0.25, 0.3) is 16.9 Å². The molecule has 24 heavy (non-hydrogen) atoms. The molecule has 8 heteroatoms. The average Bonchev–Trinajstić information content (AvgIpc) is 3.21. The molecule has 0 aliphatic carbocycles. The van der Waals surface area contributed by atoms with E-state index in [4.69, 9.17) is 0 Å². The summed E-state index contributed by atoms with van der Waals surface area (Å²) in [6.45, 7) is 0.533. The largest absolute Gasteiger partial charge is 0.354 e. The zero-order valence-electron chi connectivity index (χ0n) is 12.6. The molecule has 2 N–H and O–H groups in total.